The fraction of sp³-hybridized carbons (Fsp3) is 0.636. The first kappa shape index (κ1) is 9.84. The van der Waals surface area contributed by atoms with E-state index >= 15 is 0 Å². The molecule has 0 amide bonds. The Bertz CT molecular complexity index is 405. The van der Waals surface area contributed by atoms with Crippen LogP contribution >= 0.6 is 0 Å². The highest BCUT2D eigenvalue weighted by Gasteiger charge is 2.32. The summed E-state index contributed by atoms with van der Waals surface area (Å²) in [6.07, 6.45) is 1.82. The molecule has 2 aliphatic rings. The first-order valence-electron chi connectivity index (χ1n) is 5.77. The van der Waals surface area contributed by atoms with Crippen LogP contribution in [0.1, 0.15) is 5.56 Å². The zero-order valence-electron chi connectivity index (χ0n) is 9.77. The molecule has 1 saturated heterocycles. The smallest absolute Gasteiger partial charge is 0.175 e. The van der Waals surface area contributed by atoms with Gasteiger partial charge < -0.3 is 15.1 Å². The lowest BCUT2D eigenvalue weighted by Gasteiger charge is -2.44. The molecule has 86 valence electrons. The molecule has 0 spiro atoms. The molecule has 0 aliphatic carbocycles. The van der Waals surface area contributed by atoms with E-state index in [-0.39, 0.29) is 0 Å². The normalized spacial score (nSPS) is 24.6. The first-order valence-corrected chi connectivity index (χ1v) is 5.77. The number of hydrogen-bond donors (Lipinski definition) is 1. The van der Waals surface area contributed by atoms with Gasteiger partial charge in [0.1, 0.15) is 0 Å². The highest BCUT2D eigenvalue weighted by Crippen LogP contribution is 2.32. The number of likely N-dealkylation sites (N-methyl/N-ethyl adjacent to an activating group) is 1. The third kappa shape index (κ3) is 1.43. The summed E-state index contributed by atoms with van der Waals surface area (Å²) >= 11 is 0. The van der Waals surface area contributed by atoms with Gasteiger partial charge in [0.15, 0.2) is 5.82 Å². The molecule has 0 radical (unpaired) electrons. The lowest BCUT2D eigenvalue weighted by Crippen LogP contribution is -2.57. The molecule has 2 aliphatic heterocycles. The Kier molecular flexibility index (Phi) is 2.21. The number of nitrogens with zero attached hydrogens (tertiary/aromatic N) is 4. The highest BCUT2D eigenvalue weighted by molar-refractivity contribution is 5.71. The summed E-state index contributed by atoms with van der Waals surface area (Å²) in [4.78, 5) is 4.77. The number of hydrogen-bond acceptors (Lipinski definition) is 5. The van der Waals surface area contributed by atoms with E-state index in [0.29, 0.717) is 6.04 Å². The number of piperazine rings is 1. The Balaban J connectivity index is 1.97. The molecule has 16 heavy (non-hydrogen) atoms. The third-order valence-corrected chi connectivity index (χ3v) is 3.49. The van der Waals surface area contributed by atoms with E-state index in [2.05, 4.69) is 39.3 Å². The molecule has 5 nitrogen and oxygen atoms in total. The van der Waals surface area contributed by atoms with Gasteiger partial charge in [0.2, 0.25) is 0 Å². The Morgan fingerprint density at radius 3 is 3.19 bits per heavy atom. The Hall–Kier alpha value is -1.36. The monoisotopic (exact) mass is 219 g/mol. The van der Waals surface area contributed by atoms with Crippen molar-refractivity contribution in [1.29, 1.82) is 0 Å². The fourth-order valence-corrected chi connectivity index (χ4v) is 2.56. The standard InChI is InChI=1S/C11H17N5/c1-8-5-13-14-11-10(8)12-6-9-7-15(2)3-4-16(9)11/h5,9,12H,3-4,6-7H2,1-2H3. The summed E-state index contributed by atoms with van der Waals surface area (Å²) in [5.74, 6) is 1.03. The quantitative estimate of drug-likeness (QED) is 0.681. The van der Waals surface area contributed by atoms with Crippen molar-refractivity contribution in [1.82, 2.24) is 15.1 Å². The zero-order chi connectivity index (χ0) is 11.1. The summed E-state index contributed by atoms with van der Waals surface area (Å²) in [7, 11) is 2.18. The van der Waals surface area contributed by atoms with Gasteiger partial charge in [0, 0.05) is 26.2 Å². The molecular formula is C11H17N5. The van der Waals surface area contributed by atoms with Gasteiger partial charge in [0.05, 0.1) is 17.9 Å². The van der Waals surface area contributed by atoms with Crippen molar-refractivity contribution in [3.63, 3.8) is 0 Å². The molecule has 5 heteroatoms. The zero-order valence-corrected chi connectivity index (χ0v) is 9.77. The van der Waals surface area contributed by atoms with Crippen LogP contribution in [-0.4, -0.2) is 54.4 Å². The van der Waals surface area contributed by atoms with E-state index in [1.54, 1.807) is 0 Å². The van der Waals surface area contributed by atoms with E-state index in [1.807, 2.05) is 6.20 Å². The van der Waals surface area contributed by atoms with E-state index in [0.717, 1.165) is 37.7 Å². The van der Waals surface area contributed by atoms with E-state index in [1.165, 1.54) is 5.56 Å². The summed E-state index contributed by atoms with van der Waals surface area (Å²) in [5, 5.41) is 11.8. The van der Waals surface area contributed by atoms with Gasteiger partial charge in [-0.1, -0.05) is 0 Å². The molecule has 1 aromatic rings. The Morgan fingerprint density at radius 2 is 2.31 bits per heavy atom. The predicted octanol–water partition coefficient (Wildman–Crippen LogP) is 0.331. The van der Waals surface area contributed by atoms with Crippen LogP contribution in [0.4, 0.5) is 11.5 Å². The molecule has 3 rings (SSSR count). The average molecular weight is 219 g/mol. The first-order chi connectivity index (χ1) is 7.75. The average Bonchev–Trinajstić information content (AvgIpc) is 2.28. The topological polar surface area (TPSA) is 44.3 Å². The minimum Gasteiger partial charge on any atom is -0.380 e. The van der Waals surface area contributed by atoms with Crippen LogP contribution in [0.5, 0.6) is 0 Å². The number of rotatable bonds is 0. The molecule has 1 atom stereocenters. The van der Waals surface area contributed by atoms with Crippen LogP contribution in [0.25, 0.3) is 0 Å². The van der Waals surface area contributed by atoms with Gasteiger partial charge in [-0.3, -0.25) is 0 Å². The van der Waals surface area contributed by atoms with Gasteiger partial charge >= 0.3 is 0 Å². The Morgan fingerprint density at radius 1 is 1.44 bits per heavy atom. The van der Waals surface area contributed by atoms with Crippen molar-refractivity contribution >= 4 is 11.5 Å². The number of anilines is 2. The van der Waals surface area contributed by atoms with Crippen molar-refractivity contribution in [2.24, 2.45) is 0 Å². The second kappa shape index (κ2) is 3.59. The summed E-state index contributed by atoms with van der Waals surface area (Å²) in [5.41, 5.74) is 2.35. The van der Waals surface area contributed by atoms with Crippen molar-refractivity contribution in [3.05, 3.63) is 11.8 Å². The minimum atomic E-state index is 0.530. The van der Waals surface area contributed by atoms with Crippen molar-refractivity contribution < 1.29 is 0 Å². The molecule has 1 N–H and O–H groups in total. The van der Waals surface area contributed by atoms with Gasteiger partial charge in [-0.15, -0.1) is 5.10 Å². The molecule has 1 aromatic heterocycles. The highest BCUT2D eigenvalue weighted by atomic mass is 15.4. The van der Waals surface area contributed by atoms with Crippen LogP contribution in [0.15, 0.2) is 6.20 Å². The molecule has 3 heterocycles. The summed E-state index contributed by atoms with van der Waals surface area (Å²) in [6, 6.07) is 0.530. The minimum absolute atomic E-state index is 0.530. The maximum absolute atomic E-state index is 4.28. The van der Waals surface area contributed by atoms with Crippen LogP contribution in [0, 0.1) is 6.92 Å². The van der Waals surface area contributed by atoms with Gasteiger partial charge in [-0.05, 0) is 19.5 Å². The van der Waals surface area contributed by atoms with Crippen molar-refractivity contribution in [2.75, 3.05) is 43.4 Å². The van der Waals surface area contributed by atoms with E-state index < -0.39 is 0 Å². The van der Waals surface area contributed by atoms with Crippen molar-refractivity contribution in [2.45, 2.75) is 13.0 Å². The molecule has 0 saturated carbocycles. The predicted molar refractivity (Wildman–Crippen MR) is 63.9 cm³/mol. The lowest BCUT2D eigenvalue weighted by molar-refractivity contribution is 0.268. The third-order valence-electron chi connectivity index (χ3n) is 3.49. The molecule has 0 bridgehead atoms. The second-order valence-corrected chi connectivity index (χ2v) is 4.72. The summed E-state index contributed by atoms with van der Waals surface area (Å²) < 4.78 is 0. The maximum Gasteiger partial charge on any atom is 0.175 e. The van der Waals surface area contributed by atoms with Gasteiger partial charge in [0.25, 0.3) is 0 Å². The number of fused-ring (bicyclic) bond motifs is 3. The van der Waals surface area contributed by atoms with Gasteiger partial charge in [-0.2, -0.15) is 5.10 Å². The van der Waals surface area contributed by atoms with E-state index in [9.17, 15) is 0 Å². The largest absolute Gasteiger partial charge is 0.380 e. The van der Waals surface area contributed by atoms with Crippen LogP contribution < -0.4 is 10.2 Å². The van der Waals surface area contributed by atoms with Crippen LogP contribution in [-0.2, 0) is 0 Å². The van der Waals surface area contributed by atoms with Crippen LogP contribution in [0.2, 0.25) is 0 Å². The fourth-order valence-electron chi connectivity index (χ4n) is 2.56. The van der Waals surface area contributed by atoms with Crippen molar-refractivity contribution in [3.8, 4) is 0 Å². The number of aryl methyl sites for hydroxylation is 1. The van der Waals surface area contributed by atoms with E-state index in [4.69, 9.17) is 0 Å². The SMILES string of the molecule is Cc1cnnc2c1NCC1CN(C)CCN21. The Labute approximate surface area is 95.5 Å². The molecule has 1 fully saturated rings. The second-order valence-electron chi connectivity index (χ2n) is 4.72. The lowest BCUT2D eigenvalue weighted by atomic mass is 10.1. The van der Waals surface area contributed by atoms with Crippen LogP contribution in [0.3, 0.4) is 0 Å². The molecular weight excluding hydrogens is 202 g/mol. The molecule has 1 unspecified atom stereocenters. The summed E-state index contributed by atoms with van der Waals surface area (Å²) in [6.45, 7) is 6.34. The maximum atomic E-state index is 4.28. The number of aromatic nitrogens is 2. The number of nitrogens with one attached hydrogen (secondary N) is 1. The molecule has 0 aromatic carbocycles. The van der Waals surface area contributed by atoms with Gasteiger partial charge in [-0.25, -0.2) is 0 Å².